The molecule has 0 aromatic heterocycles. The van der Waals surface area contributed by atoms with E-state index in [0.717, 1.165) is 0 Å². The highest BCUT2D eigenvalue weighted by atomic mass is 16.5. The van der Waals surface area contributed by atoms with Crippen molar-refractivity contribution >= 4 is 17.6 Å². The standard InChI is InChI=1S/C18H19NO6/c1-22-12-7-5-6-11(8-12)17(20)19-14-10-16(24-3)15(23-2)9-13(14)18(21)25-4/h5-10H,1-4H3,(H,19,20). The molecule has 2 aromatic carbocycles. The van der Waals surface area contributed by atoms with Crippen molar-refractivity contribution in [3.8, 4) is 17.2 Å². The molecule has 7 nitrogen and oxygen atoms in total. The molecule has 0 spiro atoms. The number of amides is 1. The first-order valence-electron chi connectivity index (χ1n) is 7.33. The number of hydrogen-bond donors (Lipinski definition) is 1. The minimum absolute atomic E-state index is 0.149. The Bertz CT molecular complexity index is 787. The zero-order valence-electron chi connectivity index (χ0n) is 14.4. The van der Waals surface area contributed by atoms with Crippen molar-refractivity contribution in [3.63, 3.8) is 0 Å². The third-order valence-electron chi connectivity index (χ3n) is 3.51. The average molecular weight is 345 g/mol. The van der Waals surface area contributed by atoms with E-state index in [9.17, 15) is 9.59 Å². The van der Waals surface area contributed by atoms with Gasteiger partial charge in [-0.15, -0.1) is 0 Å². The second-order valence-electron chi connectivity index (χ2n) is 4.93. The molecule has 132 valence electrons. The Balaban J connectivity index is 2.42. The fourth-order valence-corrected chi connectivity index (χ4v) is 2.22. The summed E-state index contributed by atoms with van der Waals surface area (Å²) in [7, 11) is 5.68. The number of esters is 1. The van der Waals surface area contributed by atoms with E-state index in [2.05, 4.69) is 5.32 Å². The molecule has 0 saturated carbocycles. The van der Waals surface area contributed by atoms with E-state index in [4.69, 9.17) is 18.9 Å². The molecule has 0 saturated heterocycles. The predicted octanol–water partition coefficient (Wildman–Crippen LogP) is 2.75. The van der Waals surface area contributed by atoms with Gasteiger partial charge in [0.15, 0.2) is 11.5 Å². The van der Waals surface area contributed by atoms with Crippen LogP contribution in [0.3, 0.4) is 0 Å². The molecule has 1 amide bonds. The van der Waals surface area contributed by atoms with Crippen molar-refractivity contribution in [2.24, 2.45) is 0 Å². The molecule has 2 rings (SSSR count). The Morgan fingerprint density at radius 1 is 0.880 bits per heavy atom. The van der Waals surface area contributed by atoms with E-state index in [1.165, 1.54) is 40.6 Å². The number of nitrogens with one attached hydrogen (secondary N) is 1. The maximum atomic E-state index is 12.5. The van der Waals surface area contributed by atoms with Gasteiger partial charge in [-0.3, -0.25) is 4.79 Å². The topological polar surface area (TPSA) is 83.1 Å². The van der Waals surface area contributed by atoms with Crippen molar-refractivity contribution < 1.29 is 28.5 Å². The third-order valence-corrected chi connectivity index (χ3v) is 3.51. The number of rotatable bonds is 6. The number of carbonyl (C=O) groups excluding carboxylic acids is 2. The van der Waals surface area contributed by atoms with Gasteiger partial charge in [-0.1, -0.05) is 6.07 Å². The quantitative estimate of drug-likeness (QED) is 0.811. The first-order valence-corrected chi connectivity index (χ1v) is 7.33. The lowest BCUT2D eigenvalue weighted by molar-refractivity contribution is 0.0601. The van der Waals surface area contributed by atoms with E-state index in [1.807, 2.05) is 0 Å². The number of hydrogen-bond acceptors (Lipinski definition) is 6. The van der Waals surface area contributed by atoms with E-state index in [1.54, 1.807) is 24.3 Å². The normalized spacial score (nSPS) is 9.92. The van der Waals surface area contributed by atoms with Gasteiger partial charge in [0.1, 0.15) is 5.75 Å². The van der Waals surface area contributed by atoms with Crippen LogP contribution in [0.25, 0.3) is 0 Å². The highest BCUT2D eigenvalue weighted by molar-refractivity contribution is 6.08. The number of ether oxygens (including phenoxy) is 4. The van der Waals surface area contributed by atoms with Crippen LogP contribution in [0.15, 0.2) is 36.4 Å². The smallest absolute Gasteiger partial charge is 0.340 e. The Hall–Kier alpha value is -3.22. The number of carbonyl (C=O) groups is 2. The lowest BCUT2D eigenvalue weighted by Gasteiger charge is -2.14. The second-order valence-corrected chi connectivity index (χ2v) is 4.93. The molecule has 0 fully saturated rings. The zero-order valence-corrected chi connectivity index (χ0v) is 14.4. The van der Waals surface area contributed by atoms with Crippen LogP contribution >= 0.6 is 0 Å². The summed E-state index contributed by atoms with van der Waals surface area (Å²) in [6.07, 6.45) is 0. The van der Waals surface area contributed by atoms with Gasteiger partial charge in [-0.05, 0) is 18.2 Å². The molecule has 0 aliphatic carbocycles. The van der Waals surface area contributed by atoms with Gasteiger partial charge in [0.25, 0.3) is 5.91 Å². The van der Waals surface area contributed by atoms with Gasteiger partial charge in [0.2, 0.25) is 0 Å². The largest absolute Gasteiger partial charge is 0.497 e. The molecule has 2 aromatic rings. The number of anilines is 1. The van der Waals surface area contributed by atoms with E-state index in [0.29, 0.717) is 22.8 Å². The van der Waals surface area contributed by atoms with Crippen molar-refractivity contribution in [1.82, 2.24) is 0 Å². The molecule has 0 atom stereocenters. The van der Waals surface area contributed by atoms with Gasteiger partial charge in [-0.2, -0.15) is 0 Å². The van der Waals surface area contributed by atoms with Crippen LogP contribution in [0.1, 0.15) is 20.7 Å². The molecule has 0 aliphatic heterocycles. The zero-order chi connectivity index (χ0) is 18.4. The summed E-state index contributed by atoms with van der Waals surface area (Å²) in [5.74, 6) is 0.254. The average Bonchev–Trinajstić information content (AvgIpc) is 2.66. The minimum atomic E-state index is -0.609. The Labute approximate surface area is 145 Å². The second kappa shape index (κ2) is 8.05. The van der Waals surface area contributed by atoms with Crippen LogP contribution < -0.4 is 19.5 Å². The van der Waals surface area contributed by atoms with Gasteiger partial charge in [0.05, 0.1) is 39.7 Å². The monoisotopic (exact) mass is 345 g/mol. The highest BCUT2D eigenvalue weighted by Crippen LogP contribution is 2.34. The first kappa shape index (κ1) is 18.1. The first-order chi connectivity index (χ1) is 12.0. The molecule has 1 N–H and O–H groups in total. The number of methoxy groups -OCH3 is 4. The van der Waals surface area contributed by atoms with E-state index in [-0.39, 0.29) is 11.3 Å². The Kier molecular flexibility index (Phi) is 5.84. The molecule has 0 bridgehead atoms. The minimum Gasteiger partial charge on any atom is -0.497 e. The van der Waals surface area contributed by atoms with E-state index < -0.39 is 11.9 Å². The van der Waals surface area contributed by atoms with Gasteiger partial charge >= 0.3 is 5.97 Å². The SMILES string of the molecule is COC(=O)c1cc(OC)c(OC)cc1NC(=O)c1cccc(OC)c1. The molecule has 25 heavy (non-hydrogen) atoms. The predicted molar refractivity (Wildman–Crippen MR) is 91.8 cm³/mol. The van der Waals surface area contributed by atoms with Gasteiger partial charge in [-0.25, -0.2) is 4.79 Å². The summed E-state index contributed by atoms with van der Waals surface area (Å²) in [5, 5.41) is 2.69. The van der Waals surface area contributed by atoms with Gasteiger partial charge in [0, 0.05) is 17.7 Å². The molecule has 0 heterocycles. The maximum absolute atomic E-state index is 12.5. The molecule has 0 unspecified atom stereocenters. The highest BCUT2D eigenvalue weighted by Gasteiger charge is 2.19. The summed E-state index contributed by atoms with van der Waals surface area (Å²) < 4.78 is 20.3. The van der Waals surface area contributed by atoms with Crippen LogP contribution in [0.2, 0.25) is 0 Å². The van der Waals surface area contributed by atoms with Crippen LogP contribution in [-0.4, -0.2) is 40.3 Å². The lowest BCUT2D eigenvalue weighted by Crippen LogP contribution is -2.16. The van der Waals surface area contributed by atoms with Crippen molar-refractivity contribution in [3.05, 3.63) is 47.5 Å². The summed E-state index contributed by atoms with van der Waals surface area (Å²) in [4.78, 5) is 24.5. The lowest BCUT2D eigenvalue weighted by atomic mass is 10.1. The Morgan fingerprint density at radius 3 is 2.16 bits per heavy atom. The van der Waals surface area contributed by atoms with Crippen molar-refractivity contribution in [1.29, 1.82) is 0 Å². The van der Waals surface area contributed by atoms with Crippen LogP contribution in [0, 0.1) is 0 Å². The Morgan fingerprint density at radius 2 is 1.56 bits per heavy atom. The van der Waals surface area contributed by atoms with Crippen molar-refractivity contribution in [2.45, 2.75) is 0 Å². The summed E-state index contributed by atoms with van der Waals surface area (Å²) in [6, 6.07) is 9.61. The van der Waals surface area contributed by atoms with Crippen LogP contribution in [0.4, 0.5) is 5.69 Å². The fraction of sp³-hybridized carbons (Fsp3) is 0.222. The van der Waals surface area contributed by atoms with Crippen LogP contribution in [-0.2, 0) is 4.74 Å². The molecule has 0 radical (unpaired) electrons. The maximum Gasteiger partial charge on any atom is 0.340 e. The third kappa shape index (κ3) is 4.00. The van der Waals surface area contributed by atoms with Crippen LogP contribution in [0.5, 0.6) is 17.2 Å². The molecule has 0 aliphatic rings. The van der Waals surface area contributed by atoms with Crippen molar-refractivity contribution in [2.75, 3.05) is 33.8 Å². The summed E-state index contributed by atoms with van der Waals surface area (Å²) in [5.41, 5.74) is 0.777. The number of benzene rings is 2. The molecule has 7 heteroatoms. The molecular weight excluding hydrogens is 326 g/mol. The van der Waals surface area contributed by atoms with E-state index >= 15 is 0 Å². The molecular formula is C18H19NO6. The van der Waals surface area contributed by atoms with Gasteiger partial charge < -0.3 is 24.3 Å². The summed E-state index contributed by atoms with van der Waals surface area (Å²) in [6.45, 7) is 0. The summed E-state index contributed by atoms with van der Waals surface area (Å²) >= 11 is 0. The fourth-order valence-electron chi connectivity index (χ4n) is 2.22.